The molecule has 0 radical (unpaired) electrons. The van der Waals surface area contributed by atoms with Crippen LogP contribution in [-0.4, -0.2) is 21.0 Å². The quantitative estimate of drug-likeness (QED) is 0.771. The van der Waals surface area contributed by atoms with Gasteiger partial charge < -0.3 is 5.32 Å². The number of ketones is 1. The molecule has 2 aromatic rings. The molecule has 0 unspecified atom stereocenters. The molecule has 0 amide bonds. The van der Waals surface area contributed by atoms with Crippen LogP contribution in [0.15, 0.2) is 35.3 Å². The number of nitrogens with one attached hydrogen (secondary N) is 2. The third kappa shape index (κ3) is 2.75. The summed E-state index contributed by atoms with van der Waals surface area (Å²) in [6.45, 7) is 1.49. The number of hydrogen-bond acceptors (Lipinski definition) is 5. The molecule has 0 atom stereocenters. The Morgan fingerprint density at radius 2 is 2.24 bits per heavy atom. The number of carbonyl (C=O) groups is 1. The summed E-state index contributed by atoms with van der Waals surface area (Å²) >= 11 is 0. The number of Topliss-reactive ketones (excluding diaryl/α,β-unsaturated/α-hetero) is 1. The summed E-state index contributed by atoms with van der Waals surface area (Å²) in [5.74, 6) is 0.306. The summed E-state index contributed by atoms with van der Waals surface area (Å²) in [6.07, 6.45) is 1.39. The molecule has 0 spiro atoms. The van der Waals surface area contributed by atoms with Gasteiger partial charge in [-0.25, -0.2) is 9.89 Å². The van der Waals surface area contributed by atoms with Crippen molar-refractivity contribution in [1.29, 1.82) is 0 Å². The smallest absolute Gasteiger partial charge is 0.339 e. The van der Waals surface area contributed by atoms with Gasteiger partial charge in [-0.1, -0.05) is 12.1 Å². The predicted molar refractivity (Wildman–Crippen MR) is 62.4 cm³/mol. The molecule has 1 aromatic carbocycles. The van der Waals surface area contributed by atoms with Crippen LogP contribution in [0.2, 0.25) is 0 Å². The Hall–Kier alpha value is -2.50. The first-order valence-corrected chi connectivity index (χ1v) is 4.95. The molecule has 6 heteroatoms. The fourth-order valence-corrected chi connectivity index (χ4v) is 1.34. The maximum Gasteiger partial charge on any atom is 0.363 e. The Kier molecular flexibility index (Phi) is 2.95. The van der Waals surface area contributed by atoms with Crippen LogP contribution in [0.1, 0.15) is 17.3 Å². The SMILES string of the molecule is CC(=O)c1cccc(Nc2cn[nH]c(=O)n2)c1. The molecular formula is C11H10N4O2. The van der Waals surface area contributed by atoms with Gasteiger partial charge >= 0.3 is 5.69 Å². The molecule has 0 fully saturated rings. The topological polar surface area (TPSA) is 87.7 Å². The maximum absolute atomic E-state index is 11.2. The van der Waals surface area contributed by atoms with E-state index in [4.69, 9.17) is 0 Å². The van der Waals surface area contributed by atoms with Crippen molar-refractivity contribution in [3.05, 3.63) is 46.5 Å². The fourth-order valence-electron chi connectivity index (χ4n) is 1.34. The third-order valence-electron chi connectivity index (χ3n) is 2.11. The summed E-state index contributed by atoms with van der Waals surface area (Å²) in [6, 6.07) is 6.93. The van der Waals surface area contributed by atoms with Gasteiger partial charge in [0.15, 0.2) is 11.6 Å². The molecule has 6 nitrogen and oxygen atoms in total. The Labute approximate surface area is 96.7 Å². The zero-order valence-corrected chi connectivity index (χ0v) is 9.10. The number of aromatic amines is 1. The lowest BCUT2D eigenvalue weighted by atomic mass is 10.1. The van der Waals surface area contributed by atoms with Crippen LogP contribution >= 0.6 is 0 Å². The van der Waals surface area contributed by atoms with Crippen LogP contribution < -0.4 is 11.0 Å². The minimum Gasteiger partial charge on any atom is -0.339 e. The van der Waals surface area contributed by atoms with E-state index >= 15 is 0 Å². The molecule has 2 N–H and O–H groups in total. The second-order valence-corrected chi connectivity index (χ2v) is 3.43. The van der Waals surface area contributed by atoms with E-state index in [1.165, 1.54) is 13.1 Å². The molecule has 86 valence electrons. The van der Waals surface area contributed by atoms with Crippen molar-refractivity contribution in [2.75, 3.05) is 5.32 Å². The molecular weight excluding hydrogens is 220 g/mol. The maximum atomic E-state index is 11.2. The number of H-pyrrole nitrogens is 1. The molecule has 0 saturated carbocycles. The van der Waals surface area contributed by atoms with Gasteiger partial charge in [-0.2, -0.15) is 10.1 Å². The highest BCUT2D eigenvalue weighted by molar-refractivity contribution is 5.95. The van der Waals surface area contributed by atoms with Crippen molar-refractivity contribution in [1.82, 2.24) is 15.2 Å². The van der Waals surface area contributed by atoms with E-state index in [1.807, 2.05) is 0 Å². The average Bonchev–Trinajstić information content (AvgIpc) is 2.29. The van der Waals surface area contributed by atoms with Crippen LogP contribution in [-0.2, 0) is 0 Å². The van der Waals surface area contributed by atoms with Crippen molar-refractivity contribution < 1.29 is 4.79 Å². The Balaban J connectivity index is 2.27. The lowest BCUT2D eigenvalue weighted by Gasteiger charge is -2.05. The summed E-state index contributed by atoms with van der Waals surface area (Å²) in [4.78, 5) is 25.8. The van der Waals surface area contributed by atoms with Gasteiger partial charge in [-0.15, -0.1) is 0 Å². The second kappa shape index (κ2) is 4.56. The number of carbonyl (C=O) groups excluding carboxylic acids is 1. The highest BCUT2D eigenvalue weighted by atomic mass is 16.1. The fraction of sp³-hybridized carbons (Fsp3) is 0.0909. The molecule has 0 aliphatic carbocycles. The molecule has 0 aliphatic heterocycles. The van der Waals surface area contributed by atoms with E-state index in [2.05, 4.69) is 20.5 Å². The zero-order chi connectivity index (χ0) is 12.3. The number of benzene rings is 1. The number of hydrogen-bond donors (Lipinski definition) is 2. The number of rotatable bonds is 3. The van der Waals surface area contributed by atoms with Gasteiger partial charge in [0.05, 0.1) is 6.20 Å². The highest BCUT2D eigenvalue weighted by Gasteiger charge is 2.01. The van der Waals surface area contributed by atoms with Crippen LogP contribution in [0.4, 0.5) is 11.5 Å². The minimum atomic E-state index is -0.530. The van der Waals surface area contributed by atoms with Crippen molar-refractivity contribution in [2.24, 2.45) is 0 Å². The average molecular weight is 230 g/mol. The normalized spacial score (nSPS) is 9.94. The summed E-state index contributed by atoms with van der Waals surface area (Å²) in [5.41, 5.74) is 0.739. The predicted octanol–water partition coefficient (Wildman–Crippen LogP) is 1.11. The van der Waals surface area contributed by atoms with E-state index in [0.717, 1.165) is 0 Å². The highest BCUT2D eigenvalue weighted by Crippen LogP contribution is 2.14. The van der Waals surface area contributed by atoms with E-state index in [-0.39, 0.29) is 5.78 Å². The molecule has 0 aliphatic rings. The van der Waals surface area contributed by atoms with E-state index < -0.39 is 5.69 Å². The van der Waals surface area contributed by atoms with E-state index in [9.17, 15) is 9.59 Å². The van der Waals surface area contributed by atoms with Gasteiger partial charge in [0.2, 0.25) is 0 Å². The first kappa shape index (κ1) is 11.0. The first-order valence-electron chi connectivity index (χ1n) is 4.95. The minimum absolute atomic E-state index is 0.0226. The largest absolute Gasteiger partial charge is 0.363 e. The Morgan fingerprint density at radius 3 is 2.94 bits per heavy atom. The van der Waals surface area contributed by atoms with Gasteiger partial charge in [0.1, 0.15) is 0 Å². The summed E-state index contributed by atoms with van der Waals surface area (Å²) < 4.78 is 0. The van der Waals surface area contributed by atoms with Gasteiger partial charge in [-0.3, -0.25) is 4.79 Å². The Morgan fingerprint density at radius 1 is 1.41 bits per heavy atom. The first-order chi connectivity index (χ1) is 8.15. The van der Waals surface area contributed by atoms with Crippen molar-refractivity contribution in [3.63, 3.8) is 0 Å². The molecule has 17 heavy (non-hydrogen) atoms. The van der Waals surface area contributed by atoms with Gasteiger partial charge in [0.25, 0.3) is 0 Å². The van der Waals surface area contributed by atoms with E-state index in [0.29, 0.717) is 17.1 Å². The van der Waals surface area contributed by atoms with Gasteiger partial charge in [-0.05, 0) is 19.1 Å². The number of anilines is 2. The van der Waals surface area contributed by atoms with Crippen LogP contribution in [0, 0.1) is 0 Å². The van der Waals surface area contributed by atoms with Crippen LogP contribution in [0.3, 0.4) is 0 Å². The van der Waals surface area contributed by atoms with Crippen molar-refractivity contribution >= 4 is 17.3 Å². The van der Waals surface area contributed by atoms with Crippen LogP contribution in [0.5, 0.6) is 0 Å². The van der Waals surface area contributed by atoms with Crippen molar-refractivity contribution in [2.45, 2.75) is 6.92 Å². The van der Waals surface area contributed by atoms with Crippen LogP contribution in [0.25, 0.3) is 0 Å². The third-order valence-corrected chi connectivity index (χ3v) is 2.11. The summed E-state index contributed by atoms with van der Waals surface area (Å²) in [7, 11) is 0. The van der Waals surface area contributed by atoms with Gasteiger partial charge in [0, 0.05) is 11.3 Å². The summed E-state index contributed by atoms with van der Waals surface area (Å²) in [5, 5.41) is 8.68. The second-order valence-electron chi connectivity index (χ2n) is 3.43. The molecule has 0 saturated heterocycles. The van der Waals surface area contributed by atoms with Crippen molar-refractivity contribution in [3.8, 4) is 0 Å². The molecule has 1 aromatic heterocycles. The zero-order valence-electron chi connectivity index (χ0n) is 9.10. The molecule has 1 heterocycles. The lowest BCUT2D eigenvalue weighted by molar-refractivity contribution is 0.101. The number of nitrogens with zero attached hydrogens (tertiary/aromatic N) is 2. The molecule has 2 rings (SSSR count). The van der Waals surface area contributed by atoms with E-state index in [1.54, 1.807) is 24.3 Å². The number of aromatic nitrogens is 3. The Bertz CT molecular complexity index is 606. The lowest BCUT2D eigenvalue weighted by Crippen LogP contribution is -2.13. The molecule has 0 bridgehead atoms. The monoisotopic (exact) mass is 230 g/mol. The standard InChI is InChI=1S/C11H10N4O2/c1-7(16)8-3-2-4-9(5-8)13-10-6-12-15-11(17)14-10/h2-6H,1H3,(H2,13,14,15,17).